The van der Waals surface area contributed by atoms with Gasteiger partial charge in [-0.15, -0.1) is 0 Å². The summed E-state index contributed by atoms with van der Waals surface area (Å²) in [7, 11) is 0. The van der Waals surface area contributed by atoms with E-state index in [1.165, 1.54) is 6.07 Å². The Bertz CT molecular complexity index is 846. The lowest BCUT2D eigenvalue weighted by molar-refractivity contribution is -0.137. The first-order valence-corrected chi connectivity index (χ1v) is 8.94. The third-order valence-corrected chi connectivity index (χ3v) is 5.44. The maximum absolute atomic E-state index is 14.4. The van der Waals surface area contributed by atoms with Crippen molar-refractivity contribution < 1.29 is 22.7 Å². The molecule has 0 spiro atoms. The molecule has 0 bridgehead atoms. The predicted octanol–water partition coefficient (Wildman–Crippen LogP) is 5.29. The number of nitrogens with one attached hydrogen (secondary N) is 1. The number of aromatic nitrogens is 1. The van der Waals surface area contributed by atoms with Gasteiger partial charge < -0.3 is 10.4 Å². The molecule has 3 rings (SSSR count). The number of pyridine rings is 1. The van der Waals surface area contributed by atoms with Crippen molar-refractivity contribution in [2.75, 3.05) is 11.9 Å². The molecule has 26 heavy (non-hydrogen) atoms. The van der Waals surface area contributed by atoms with Gasteiger partial charge in [-0.25, -0.2) is 9.37 Å². The molecule has 0 amide bonds. The van der Waals surface area contributed by atoms with Crippen molar-refractivity contribution in [1.29, 1.82) is 0 Å². The van der Waals surface area contributed by atoms with Crippen LogP contribution >= 0.6 is 27.5 Å². The molecule has 0 fully saturated rings. The molecule has 1 aliphatic rings. The molecule has 1 aliphatic carbocycles. The Hall–Kier alpha value is -1.38. The number of halogens is 6. The number of alkyl halides is 3. The largest absolute Gasteiger partial charge is 0.417 e. The number of benzene rings is 1. The minimum atomic E-state index is -4.56. The van der Waals surface area contributed by atoms with Crippen LogP contribution < -0.4 is 5.32 Å². The highest BCUT2D eigenvalue weighted by Gasteiger charge is 2.39. The average Bonchev–Trinajstić information content (AvgIpc) is 2.59. The van der Waals surface area contributed by atoms with E-state index in [0.29, 0.717) is 41.1 Å². The molecule has 1 aromatic carbocycles. The number of nitrogens with zero attached hydrogens (tertiary/aromatic N) is 1. The summed E-state index contributed by atoms with van der Waals surface area (Å²) in [6, 6.07) is 3.99. The Kier molecular flexibility index (Phi) is 5.20. The molecule has 1 atom stereocenters. The number of aliphatic hydroxyl groups is 1. The summed E-state index contributed by atoms with van der Waals surface area (Å²) < 4.78 is 53.1. The minimum Gasteiger partial charge on any atom is -0.394 e. The van der Waals surface area contributed by atoms with Crippen LogP contribution in [0.1, 0.15) is 29.5 Å². The molecule has 3 nitrogen and oxygen atoms in total. The van der Waals surface area contributed by atoms with E-state index in [4.69, 9.17) is 11.6 Å². The van der Waals surface area contributed by atoms with Gasteiger partial charge in [0.15, 0.2) is 0 Å². The molecular formula is C17H14BrClF4N2O. The second kappa shape index (κ2) is 6.98. The zero-order chi connectivity index (χ0) is 19.1. The van der Waals surface area contributed by atoms with Crippen LogP contribution in [0.4, 0.5) is 23.4 Å². The van der Waals surface area contributed by atoms with Crippen LogP contribution in [0.3, 0.4) is 0 Å². The van der Waals surface area contributed by atoms with Gasteiger partial charge in [0.05, 0.1) is 27.2 Å². The van der Waals surface area contributed by atoms with Crippen LogP contribution in [0.15, 0.2) is 28.9 Å². The molecule has 2 N–H and O–H groups in total. The SMILES string of the molecule is OCC1(Nc2ncc(C(F)(F)F)cc2Cl)CCCc2c1ccc(Br)c2F. The zero-order valence-corrected chi connectivity index (χ0v) is 15.6. The molecule has 2 aromatic rings. The highest BCUT2D eigenvalue weighted by molar-refractivity contribution is 9.10. The smallest absolute Gasteiger partial charge is 0.394 e. The lowest BCUT2D eigenvalue weighted by Gasteiger charge is -2.39. The van der Waals surface area contributed by atoms with Crippen LogP contribution in [0, 0.1) is 5.82 Å². The van der Waals surface area contributed by atoms with Gasteiger partial charge in [0, 0.05) is 6.20 Å². The van der Waals surface area contributed by atoms with Gasteiger partial charge in [0.25, 0.3) is 0 Å². The molecule has 1 aromatic heterocycles. The fraction of sp³-hybridized carbons (Fsp3) is 0.353. The lowest BCUT2D eigenvalue weighted by Crippen LogP contribution is -2.43. The van der Waals surface area contributed by atoms with E-state index in [9.17, 15) is 22.7 Å². The molecule has 0 saturated heterocycles. The van der Waals surface area contributed by atoms with E-state index in [1.54, 1.807) is 6.07 Å². The molecular weight excluding hydrogens is 440 g/mol. The number of rotatable bonds is 3. The Balaban J connectivity index is 2.03. The van der Waals surface area contributed by atoms with Crippen molar-refractivity contribution >= 4 is 33.3 Å². The van der Waals surface area contributed by atoms with Crippen molar-refractivity contribution in [2.45, 2.75) is 31.0 Å². The van der Waals surface area contributed by atoms with Gasteiger partial charge in [-0.3, -0.25) is 0 Å². The molecule has 1 unspecified atom stereocenters. The second-order valence-corrected chi connectivity index (χ2v) is 7.42. The highest BCUT2D eigenvalue weighted by atomic mass is 79.9. The standard InChI is InChI=1S/C17H14BrClF4N2O/c18-12-4-3-11-10(14(12)20)2-1-5-16(11,8-26)25-15-13(19)6-9(7-24-15)17(21,22)23/h3-4,6-7,26H,1-2,5,8H2,(H,24,25). The Morgan fingerprint density at radius 3 is 2.69 bits per heavy atom. The van der Waals surface area contributed by atoms with Gasteiger partial charge >= 0.3 is 6.18 Å². The fourth-order valence-electron chi connectivity index (χ4n) is 3.23. The molecule has 140 valence electrons. The summed E-state index contributed by atoms with van der Waals surface area (Å²) in [6.45, 7) is -0.389. The fourth-order valence-corrected chi connectivity index (χ4v) is 3.82. The summed E-state index contributed by atoms with van der Waals surface area (Å²) >= 11 is 9.11. The Labute approximate surface area is 160 Å². The van der Waals surface area contributed by atoms with Crippen LogP contribution in [0.5, 0.6) is 0 Å². The van der Waals surface area contributed by atoms with Crippen LogP contribution in [-0.2, 0) is 18.1 Å². The predicted molar refractivity (Wildman–Crippen MR) is 93.7 cm³/mol. The number of hydrogen-bond donors (Lipinski definition) is 2. The molecule has 9 heteroatoms. The Morgan fingerprint density at radius 2 is 2.08 bits per heavy atom. The number of anilines is 1. The lowest BCUT2D eigenvalue weighted by atomic mass is 9.76. The zero-order valence-electron chi connectivity index (χ0n) is 13.3. The van der Waals surface area contributed by atoms with Crippen molar-refractivity contribution in [3.8, 4) is 0 Å². The van der Waals surface area contributed by atoms with E-state index < -0.39 is 23.1 Å². The van der Waals surface area contributed by atoms with Crippen LogP contribution in [0.25, 0.3) is 0 Å². The summed E-state index contributed by atoms with van der Waals surface area (Å²) in [5, 5.41) is 12.8. The van der Waals surface area contributed by atoms with Gasteiger partial charge in [-0.05, 0) is 58.5 Å². The van der Waals surface area contributed by atoms with Crippen molar-refractivity contribution in [3.05, 3.63) is 56.4 Å². The molecule has 0 aliphatic heterocycles. The average molecular weight is 454 g/mol. The maximum Gasteiger partial charge on any atom is 0.417 e. The number of fused-ring (bicyclic) bond motifs is 1. The van der Waals surface area contributed by atoms with Gasteiger partial charge in [0.2, 0.25) is 0 Å². The van der Waals surface area contributed by atoms with Gasteiger partial charge in [0.1, 0.15) is 11.6 Å². The van der Waals surface area contributed by atoms with E-state index in [2.05, 4.69) is 26.2 Å². The summed E-state index contributed by atoms with van der Waals surface area (Å²) in [4.78, 5) is 3.77. The minimum absolute atomic E-state index is 0.00453. The molecule has 0 radical (unpaired) electrons. The maximum atomic E-state index is 14.4. The first kappa shape index (κ1) is 19.4. The summed E-state index contributed by atoms with van der Waals surface area (Å²) in [6.07, 6.45) is -2.34. The first-order valence-electron chi connectivity index (χ1n) is 7.77. The second-order valence-electron chi connectivity index (χ2n) is 6.16. The normalized spacial score (nSPS) is 20.0. The van der Waals surface area contributed by atoms with Crippen molar-refractivity contribution in [3.63, 3.8) is 0 Å². The molecule has 1 heterocycles. The third-order valence-electron chi connectivity index (χ3n) is 4.54. The van der Waals surface area contributed by atoms with Gasteiger partial charge in [-0.1, -0.05) is 17.7 Å². The van der Waals surface area contributed by atoms with Gasteiger partial charge in [-0.2, -0.15) is 13.2 Å². The van der Waals surface area contributed by atoms with E-state index in [0.717, 1.165) is 6.07 Å². The summed E-state index contributed by atoms with van der Waals surface area (Å²) in [5.74, 6) is -0.404. The third kappa shape index (κ3) is 3.42. The first-order chi connectivity index (χ1) is 12.2. The number of aliphatic hydroxyl groups excluding tert-OH is 1. The monoisotopic (exact) mass is 452 g/mol. The quantitative estimate of drug-likeness (QED) is 0.621. The topological polar surface area (TPSA) is 45.1 Å². The van der Waals surface area contributed by atoms with E-state index in [-0.39, 0.29) is 17.4 Å². The van der Waals surface area contributed by atoms with Crippen molar-refractivity contribution in [1.82, 2.24) is 4.98 Å². The van der Waals surface area contributed by atoms with E-state index >= 15 is 0 Å². The van der Waals surface area contributed by atoms with Crippen LogP contribution in [0.2, 0.25) is 5.02 Å². The van der Waals surface area contributed by atoms with Crippen LogP contribution in [-0.4, -0.2) is 16.7 Å². The van der Waals surface area contributed by atoms with E-state index in [1.807, 2.05) is 0 Å². The van der Waals surface area contributed by atoms with Crippen molar-refractivity contribution in [2.24, 2.45) is 0 Å². The summed E-state index contributed by atoms with van der Waals surface area (Å²) in [5.41, 5.74) is -1.05. The molecule has 0 saturated carbocycles. The highest BCUT2D eigenvalue weighted by Crippen LogP contribution is 2.41. The Morgan fingerprint density at radius 1 is 1.35 bits per heavy atom. The number of hydrogen-bond acceptors (Lipinski definition) is 3.